The molecule has 0 aliphatic rings. The molecule has 0 amide bonds. The van der Waals surface area contributed by atoms with Gasteiger partial charge in [0.25, 0.3) is 0 Å². The monoisotopic (exact) mass is 213 g/mol. The van der Waals surface area contributed by atoms with Gasteiger partial charge < -0.3 is 14.8 Å². The SMILES string of the molecule is Cc1nnc(CNCCCC(C)CO)o1. The molecule has 0 fully saturated rings. The largest absolute Gasteiger partial charge is 0.424 e. The van der Waals surface area contributed by atoms with Crippen LogP contribution in [-0.2, 0) is 6.54 Å². The zero-order valence-electron chi connectivity index (χ0n) is 9.36. The third-order valence-electron chi connectivity index (χ3n) is 2.21. The highest BCUT2D eigenvalue weighted by atomic mass is 16.4. The molecule has 1 atom stereocenters. The average molecular weight is 213 g/mol. The molecule has 0 radical (unpaired) electrons. The Hall–Kier alpha value is -0.940. The van der Waals surface area contributed by atoms with E-state index < -0.39 is 0 Å². The van der Waals surface area contributed by atoms with Crippen molar-refractivity contribution in [3.05, 3.63) is 11.8 Å². The molecule has 1 unspecified atom stereocenters. The molecule has 0 bridgehead atoms. The van der Waals surface area contributed by atoms with E-state index >= 15 is 0 Å². The fraction of sp³-hybridized carbons (Fsp3) is 0.800. The number of aliphatic hydroxyl groups excluding tert-OH is 1. The van der Waals surface area contributed by atoms with Crippen molar-refractivity contribution in [2.75, 3.05) is 13.2 Å². The minimum Gasteiger partial charge on any atom is -0.424 e. The molecule has 0 aliphatic carbocycles. The molecule has 15 heavy (non-hydrogen) atoms. The number of hydrogen-bond donors (Lipinski definition) is 2. The second-order valence-corrected chi connectivity index (χ2v) is 3.82. The van der Waals surface area contributed by atoms with E-state index in [1.54, 1.807) is 6.92 Å². The van der Waals surface area contributed by atoms with Crippen molar-refractivity contribution in [2.45, 2.75) is 33.2 Å². The summed E-state index contributed by atoms with van der Waals surface area (Å²) in [4.78, 5) is 0. The Kier molecular flexibility index (Phi) is 5.28. The van der Waals surface area contributed by atoms with Gasteiger partial charge in [-0.25, -0.2) is 0 Å². The maximum absolute atomic E-state index is 8.82. The van der Waals surface area contributed by atoms with Crippen LogP contribution in [0.15, 0.2) is 4.42 Å². The number of aryl methyl sites for hydroxylation is 1. The molecule has 1 aromatic rings. The highest BCUT2D eigenvalue weighted by molar-refractivity contribution is 4.77. The first-order valence-electron chi connectivity index (χ1n) is 5.33. The molecular formula is C10H19N3O2. The van der Waals surface area contributed by atoms with E-state index in [2.05, 4.69) is 15.5 Å². The summed E-state index contributed by atoms with van der Waals surface area (Å²) in [5.41, 5.74) is 0. The quantitative estimate of drug-likeness (QED) is 0.658. The third kappa shape index (κ3) is 4.90. The number of nitrogens with one attached hydrogen (secondary N) is 1. The Morgan fingerprint density at radius 1 is 1.47 bits per heavy atom. The van der Waals surface area contributed by atoms with Gasteiger partial charge in [-0.05, 0) is 25.3 Å². The lowest BCUT2D eigenvalue weighted by molar-refractivity contribution is 0.228. The minimum atomic E-state index is 0.267. The maximum atomic E-state index is 8.82. The number of aliphatic hydroxyl groups is 1. The van der Waals surface area contributed by atoms with E-state index in [0.29, 0.717) is 24.2 Å². The van der Waals surface area contributed by atoms with Crippen molar-refractivity contribution in [3.8, 4) is 0 Å². The standard InChI is InChI=1S/C10H19N3O2/c1-8(7-14)4-3-5-11-6-10-13-12-9(2)15-10/h8,11,14H,3-7H2,1-2H3. The fourth-order valence-corrected chi connectivity index (χ4v) is 1.27. The molecule has 0 aliphatic heterocycles. The summed E-state index contributed by atoms with van der Waals surface area (Å²) in [5.74, 6) is 1.61. The lowest BCUT2D eigenvalue weighted by Gasteiger charge is -2.06. The molecule has 0 saturated heterocycles. The summed E-state index contributed by atoms with van der Waals surface area (Å²) in [6, 6.07) is 0. The van der Waals surface area contributed by atoms with Gasteiger partial charge in [0.15, 0.2) is 0 Å². The van der Waals surface area contributed by atoms with Gasteiger partial charge in [-0.3, -0.25) is 0 Å². The van der Waals surface area contributed by atoms with Gasteiger partial charge in [0.2, 0.25) is 11.8 Å². The third-order valence-corrected chi connectivity index (χ3v) is 2.21. The van der Waals surface area contributed by atoms with Gasteiger partial charge in [-0.1, -0.05) is 6.92 Å². The van der Waals surface area contributed by atoms with Crippen LogP contribution in [0.2, 0.25) is 0 Å². The lowest BCUT2D eigenvalue weighted by atomic mass is 10.1. The molecule has 0 spiro atoms. The number of hydrogen-bond acceptors (Lipinski definition) is 5. The highest BCUT2D eigenvalue weighted by Gasteiger charge is 2.02. The molecule has 86 valence electrons. The van der Waals surface area contributed by atoms with E-state index in [-0.39, 0.29) is 6.61 Å². The van der Waals surface area contributed by atoms with Gasteiger partial charge in [0.05, 0.1) is 6.54 Å². The Morgan fingerprint density at radius 3 is 2.87 bits per heavy atom. The second kappa shape index (κ2) is 6.53. The highest BCUT2D eigenvalue weighted by Crippen LogP contribution is 2.03. The molecule has 0 aromatic carbocycles. The predicted octanol–water partition coefficient (Wildman–Crippen LogP) is 0.876. The Morgan fingerprint density at radius 2 is 2.27 bits per heavy atom. The molecule has 5 nitrogen and oxygen atoms in total. The van der Waals surface area contributed by atoms with Gasteiger partial charge in [-0.15, -0.1) is 10.2 Å². The molecular weight excluding hydrogens is 194 g/mol. The number of aromatic nitrogens is 2. The Balaban J connectivity index is 2.02. The summed E-state index contributed by atoms with van der Waals surface area (Å²) in [7, 11) is 0. The summed E-state index contributed by atoms with van der Waals surface area (Å²) >= 11 is 0. The van der Waals surface area contributed by atoms with E-state index in [1.165, 1.54) is 0 Å². The van der Waals surface area contributed by atoms with Crippen LogP contribution in [0.4, 0.5) is 0 Å². The smallest absolute Gasteiger partial charge is 0.230 e. The van der Waals surface area contributed by atoms with Crippen LogP contribution in [0.25, 0.3) is 0 Å². The van der Waals surface area contributed by atoms with E-state index in [9.17, 15) is 0 Å². The van der Waals surface area contributed by atoms with Gasteiger partial charge in [0.1, 0.15) is 0 Å². The van der Waals surface area contributed by atoms with Crippen LogP contribution in [0.3, 0.4) is 0 Å². The first-order chi connectivity index (χ1) is 7.22. The Labute approximate surface area is 89.9 Å². The van der Waals surface area contributed by atoms with Gasteiger partial charge in [0, 0.05) is 13.5 Å². The van der Waals surface area contributed by atoms with Crippen LogP contribution in [-0.4, -0.2) is 28.5 Å². The van der Waals surface area contributed by atoms with Gasteiger partial charge >= 0.3 is 0 Å². The lowest BCUT2D eigenvalue weighted by Crippen LogP contribution is -2.16. The van der Waals surface area contributed by atoms with Crippen molar-refractivity contribution in [2.24, 2.45) is 5.92 Å². The fourth-order valence-electron chi connectivity index (χ4n) is 1.27. The van der Waals surface area contributed by atoms with Gasteiger partial charge in [-0.2, -0.15) is 0 Å². The minimum absolute atomic E-state index is 0.267. The second-order valence-electron chi connectivity index (χ2n) is 3.82. The van der Waals surface area contributed by atoms with Crippen LogP contribution in [0, 0.1) is 12.8 Å². The molecule has 2 N–H and O–H groups in total. The van der Waals surface area contributed by atoms with E-state index in [1.807, 2.05) is 6.92 Å². The molecule has 1 rings (SSSR count). The van der Waals surface area contributed by atoms with Crippen LogP contribution in [0.5, 0.6) is 0 Å². The molecule has 5 heteroatoms. The summed E-state index contributed by atoms with van der Waals surface area (Å²) in [6.45, 7) is 5.61. The summed E-state index contributed by atoms with van der Waals surface area (Å²) < 4.78 is 5.21. The van der Waals surface area contributed by atoms with E-state index in [0.717, 1.165) is 19.4 Å². The van der Waals surface area contributed by atoms with Crippen molar-refractivity contribution < 1.29 is 9.52 Å². The normalized spacial score (nSPS) is 13.0. The molecule has 0 saturated carbocycles. The number of rotatable bonds is 7. The van der Waals surface area contributed by atoms with Crippen molar-refractivity contribution >= 4 is 0 Å². The Bertz CT molecular complexity index is 275. The zero-order chi connectivity index (χ0) is 11.1. The first-order valence-corrected chi connectivity index (χ1v) is 5.33. The zero-order valence-corrected chi connectivity index (χ0v) is 9.36. The van der Waals surface area contributed by atoms with Crippen LogP contribution in [0.1, 0.15) is 31.5 Å². The molecule has 1 aromatic heterocycles. The van der Waals surface area contributed by atoms with Crippen LogP contribution >= 0.6 is 0 Å². The van der Waals surface area contributed by atoms with Crippen molar-refractivity contribution in [3.63, 3.8) is 0 Å². The van der Waals surface area contributed by atoms with Crippen molar-refractivity contribution in [1.82, 2.24) is 15.5 Å². The van der Waals surface area contributed by atoms with Crippen LogP contribution < -0.4 is 5.32 Å². The van der Waals surface area contributed by atoms with E-state index in [4.69, 9.17) is 9.52 Å². The molecule has 1 heterocycles. The average Bonchev–Trinajstić information content (AvgIpc) is 2.63. The maximum Gasteiger partial charge on any atom is 0.230 e. The number of nitrogens with zero attached hydrogens (tertiary/aromatic N) is 2. The predicted molar refractivity (Wildman–Crippen MR) is 56.2 cm³/mol. The topological polar surface area (TPSA) is 71.2 Å². The first kappa shape index (κ1) is 12.1. The summed E-state index contributed by atoms with van der Waals surface area (Å²) in [5, 5.41) is 19.6. The van der Waals surface area contributed by atoms with Crippen molar-refractivity contribution in [1.29, 1.82) is 0 Å². The summed E-state index contributed by atoms with van der Waals surface area (Å²) in [6.07, 6.45) is 2.08.